The molecule has 0 fully saturated rings. The Kier molecular flexibility index (Phi) is 5.42. The number of halogens is 1. The summed E-state index contributed by atoms with van der Waals surface area (Å²) < 4.78 is 18.6. The second-order valence-electron chi connectivity index (χ2n) is 4.53. The lowest BCUT2D eigenvalue weighted by Crippen LogP contribution is -2.47. The third-order valence-corrected chi connectivity index (χ3v) is 3.84. The number of nitro groups is 1. The number of ether oxygens (including phenoxy) is 1. The standard InChI is InChI=1S/C14H12FN3O5S/c1-8(23-10-5-3-2-4-9(10)15)13(19)16-17-14(20)11-6-7-12(24-11)18(21)22/h2-8H,1H3,(H,16,19)(H,17,20). The first kappa shape index (κ1) is 17.3. The summed E-state index contributed by atoms with van der Waals surface area (Å²) >= 11 is 0.670. The zero-order valence-corrected chi connectivity index (χ0v) is 13.1. The molecular formula is C14H12FN3O5S. The van der Waals surface area contributed by atoms with Crippen LogP contribution in [-0.4, -0.2) is 22.8 Å². The van der Waals surface area contributed by atoms with E-state index >= 15 is 0 Å². The lowest BCUT2D eigenvalue weighted by molar-refractivity contribution is -0.380. The van der Waals surface area contributed by atoms with Crippen LogP contribution >= 0.6 is 11.3 Å². The molecule has 1 unspecified atom stereocenters. The Morgan fingerprint density at radius 3 is 2.58 bits per heavy atom. The third-order valence-electron chi connectivity index (χ3n) is 2.80. The highest BCUT2D eigenvalue weighted by atomic mass is 32.1. The molecule has 0 saturated carbocycles. The number of hydrogen-bond acceptors (Lipinski definition) is 6. The molecule has 1 heterocycles. The van der Waals surface area contributed by atoms with Gasteiger partial charge in [-0.05, 0) is 25.1 Å². The molecule has 24 heavy (non-hydrogen) atoms. The molecule has 126 valence electrons. The number of nitrogens with one attached hydrogen (secondary N) is 2. The summed E-state index contributed by atoms with van der Waals surface area (Å²) in [6.45, 7) is 1.38. The van der Waals surface area contributed by atoms with E-state index in [-0.39, 0.29) is 15.6 Å². The maximum Gasteiger partial charge on any atom is 0.324 e. The van der Waals surface area contributed by atoms with Gasteiger partial charge in [0.15, 0.2) is 17.7 Å². The van der Waals surface area contributed by atoms with Crippen molar-refractivity contribution in [3.8, 4) is 5.75 Å². The van der Waals surface area contributed by atoms with E-state index in [1.165, 1.54) is 37.3 Å². The number of hydrogen-bond donors (Lipinski definition) is 2. The van der Waals surface area contributed by atoms with E-state index in [1.54, 1.807) is 6.07 Å². The zero-order chi connectivity index (χ0) is 17.7. The number of rotatable bonds is 5. The normalized spacial score (nSPS) is 11.4. The molecule has 8 nitrogen and oxygen atoms in total. The van der Waals surface area contributed by atoms with E-state index in [1.807, 2.05) is 0 Å². The molecular weight excluding hydrogens is 341 g/mol. The molecule has 0 aliphatic rings. The molecule has 1 atom stereocenters. The molecule has 1 aromatic carbocycles. The van der Waals surface area contributed by atoms with Crippen molar-refractivity contribution in [2.75, 3.05) is 0 Å². The minimum absolute atomic E-state index is 0.0599. The smallest absolute Gasteiger partial charge is 0.324 e. The van der Waals surface area contributed by atoms with Gasteiger partial charge in [-0.3, -0.25) is 30.6 Å². The summed E-state index contributed by atoms with van der Waals surface area (Å²) in [6.07, 6.45) is -1.07. The van der Waals surface area contributed by atoms with Gasteiger partial charge in [-0.25, -0.2) is 4.39 Å². The number of para-hydroxylation sites is 1. The maximum absolute atomic E-state index is 13.4. The first-order valence-corrected chi connectivity index (χ1v) is 7.45. The SMILES string of the molecule is CC(Oc1ccccc1F)C(=O)NNC(=O)c1ccc([N+](=O)[O-])s1. The van der Waals surface area contributed by atoms with Crippen molar-refractivity contribution < 1.29 is 23.6 Å². The number of benzene rings is 1. The Balaban J connectivity index is 1.88. The average Bonchev–Trinajstić information content (AvgIpc) is 3.04. The lowest BCUT2D eigenvalue weighted by atomic mass is 10.3. The summed E-state index contributed by atoms with van der Waals surface area (Å²) in [5.74, 6) is -2.13. The minimum atomic E-state index is -1.07. The van der Waals surface area contributed by atoms with Crippen LogP contribution in [0.4, 0.5) is 9.39 Å². The molecule has 0 saturated heterocycles. The molecule has 0 bridgehead atoms. The molecule has 2 aromatic rings. The van der Waals surface area contributed by atoms with E-state index in [2.05, 4.69) is 10.9 Å². The molecule has 10 heteroatoms. The Labute approximate surface area is 139 Å². The molecule has 1 aromatic heterocycles. The summed E-state index contributed by atoms with van der Waals surface area (Å²) in [4.78, 5) is 33.6. The highest BCUT2D eigenvalue weighted by Crippen LogP contribution is 2.23. The van der Waals surface area contributed by atoms with Gasteiger partial charge >= 0.3 is 5.00 Å². The zero-order valence-electron chi connectivity index (χ0n) is 12.3. The van der Waals surface area contributed by atoms with Gasteiger partial charge in [-0.2, -0.15) is 0 Å². The quantitative estimate of drug-likeness (QED) is 0.631. The van der Waals surface area contributed by atoms with Crippen molar-refractivity contribution in [3.63, 3.8) is 0 Å². The van der Waals surface area contributed by atoms with Gasteiger partial charge in [0, 0.05) is 6.07 Å². The fourth-order valence-corrected chi connectivity index (χ4v) is 2.33. The summed E-state index contributed by atoms with van der Waals surface area (Å²) in [5.41, 5.74) is 4.22. The monoisotopic (exact) mass is 353 g/mol. The van der Waals surface area contributed by atoms with Crippen LogP contribution in [0.5, 0.6) is 5.75 Å². The Morgan fingerprint density at radius 1 is 1.25 bits per heavy atom. The third kappa shape index (κ3) is 4.26. The highest BCUT2D eigenvalue weighted by molar-refractivity contribution is 7.17. The minimum Gasteiger partial charge on any atom is -0.478 e. The van der Waals surface area contributed by atoms with E-state index in [9.17, 15) is 24.1 Å². The van der Waals surface area contributed by atoms with Crippen molar-refractivity contribution >= 4 is 28.2 Å². The van der Waals surface area contributed by atoms with Crippen LogP contribution in [0, 0.1) is 15.9 Å². The van der Waals surface area contributed by atoms with Crippen molar-refractivity contribution in [3.05, 3.63) is 57.2 Å². The Morgan fingerprint density at radius 2 is 1.96 bits per heavy atom. The van der Waals surface area contributed by atoms with E-state index in [4.69, 9.17) is 4.74 Å². The van der Waals surface area contributed by atoms with Gasteiger partial charge in [-0.15, -0.1) is 0 Å². The molecule has 0 spiro atoms. The second kappa shape index (κ2) is 7.51. The van der Waals surface area contributed by atoms with E-state index < -0.39 is 28.7 Å². The average molecular weight is 353 g/mol. The van der Waals surface area contributed by atoms with Crippen LogP contribution in [0.1, 0.15) is 16.6 Å². The number of thiophene rings is 1. The van der Waals surface area contributed by atoms with Gasteiger partial charge in [-0.1, -0.05) is 23.5 Å². The van der Waals surface area contributed by atoms with Gasteiger partial charge in [0.2, 0.25) is 0 Å². The molecule has 0 aliphatic carbocycles. The topological polar surface area (TPSA) is 111 Å². The summed E-state index contributed by atoms with van der Waals surface area (Å²) in [6, 6.07) is 8.03. The molecule has 0 radical (unpaired) electrons. The van der Waals surface area contributed by atoms with Gasteiger partial charge in [0.1, 0.15) is 4.88 Å². The van der Waals surface area contributed by atoms with Crippen LogP contribution in [0.3, 0.4) is 0 Å². The fraction of sp³-hybridized carbons (Fsp3) is 0.143. The first-order valence-electron chi connectivity index (χ1n) is 6.64. The van der Waals surface area contributed by atoms with Crippen LogP contribution in [-0.2, 0) is 4.79 Å². The number of carbonyl (C=O) groups excluding carboxylic acids is 2. The molecule has 2 rings (SSSR count). The van der Waals surface area contributed by atoms with Crippen LogP contribution in [0.2, 0.25) is 0 Å². The number of carbonyl (C=O) groups is 2. The van der Waals surface area contributed by atoms with Crippen molar-refractivity contribution in [1.29, 1.82) is 0 Å². The fourth-order valence-electron chi connectivity index (χ4n) is 1.61. The van der Waals surface area contributed by atoms with E-state index in [0.29, 0.717) is 11.3 Å². The number of hydrazine groups is 1. The highest BCUT2D eigenvalue weighted by Gasteiger charge is 2.19. The Hall–Kier alpha value is -3.01. The van der Waals surface area contributed by atoms with Gasteiger partial charge in [0.25, 0.3) is 11.8 Å². The summed E-state index contributed by atoms with van der Waals surface area (Å²) in [5, 5.41) is 10.4. The first-order chi connectivity index (χ1) is 11.4. The largest absolute Gasteiger partial charge is 0.478 e. The summed E-state index contributed by atoms with van der Waals surface area (Å²) in [7, 11) is 0. The number of amides is 2. The predicted octanol–water partition coefficient (Wildman–Crippen LogP) is 2.02. The van der Waals surface area contributed by atoms with Gasteiger partial charge < -0.3 is 4.74 Å². The second-order valence-corrected chi connectivity index (χ2v) is 5.59. The number of nitrogens with zero attached hydrogens (tertiary/aromatic N) is 1. The lowest BCUT2D eigenvalue weighted by Gasteiger charge is -2.15. The van der Waals surface area contributed by atoms with Crippen LogP contribution in [0.25, 0.3) is 0 Å². The van der Waals surface area contributed by atoms with Crippen LogP contribution in [0.15, 0.2) is 36.4 Å². The van der Waals surface area contributed by atoms with Crippen molar-refractivity contribution in [2.24, 2.45) is 0 Å². The van der Waals surface area contributed by atoms with Crippen molar-refractivity contribution in [1.82, 2.24) is 10.9 Å². The van der Waals surface area contributed by atoms with E-state index in [0.717, 1.165) is 0 Å². The van der Waals surface area contributed by atoms with Crippen LogP contribution < -0.4 is 15.6 Å². The molecule has 2 amide bonds. The van der Waals surface area contributed by atoms with Crippen molar-refractivity contribution in [2.45, 2.75) is 13.0 Å². The predicted molar refractivity (Wildman–Crippen MR) is 83.1 cm³/mol. The Bertz CT molecular complexity index is 779. The van der Waals surface area contributed by atoms with Gasteiger partial charge in [0.05, 0.1) is 4.92 Å². The molecule has 0 aliphatic heterocycles. The maximum atomic E-state index is 13.4. The molecule has 2 N–H and O–H groups in total.